The molecule has 0 saturated heterocycles. The van der Waals surface area contributed by atoms with Gasteiger partial charge < -0.3 is 14.4 Å². The lowest BCUT2D eigenvalue weighted by molar-refractivity contribution is 0.0989. The Morgan fingerprint density at radius 1 is 1.10 bits per heavy atom. The summed E-state index contributed by atoms with van der Waals surface area (Å²) < 4.78 is 24.6. The van der Waals surface area contributed by atoms with Crippen LogP contribution in [0.3, 0.4) is 0 Å². The van der Waals surface area contributed by atoms with E-state index in [0.29, 0.717) is 30.4 Å². The van der Waals surface area contributed by atoms with Crippen LogP contribution in [0, 0.1) is 5.82 Å². The summed E-state index contributed by atoms with van der Waals surface area (Å²) in [6.45, 7) is 0.984. The number of rotatable bonds is 2. The Balaban J connectivity index is 1.90. The zero-order chi connectivity index (χ0) is 14.8. The number of ether oxygens (including phenoxy) is 2. The lowest BCUT2D eigenvalue weighted by atomic mass is 10.1. The molecule has 0 bridgehead atoms. The molecule has 4 nitrogen and oxygen atoms in total. The van der Waals surface area contributed by atoms with Crippen molar-refractivity contribution in [3.8, 4) is 11.5 Å². The Bertz CT molecular complexity index is 687. The summed E-state index contributed by atoms with van der Waals surface area (Å²) >= 11 is 0. The highest BCUT2D eigenvalue weighted by molar-refractivity contribution is 6.06. The fourth-order valence-electron chi connectivity index (χ4n) is 2.17. The molecule has 2 aromatic carbocycles. The highest BCUT2D eigenvalue weighted by Gasteiger charge is 2.19. The fourth-order valence-corrected chi connectivity index (χ4v) is 2.17. The Kier molecular flexibility index (Phi) is 3.48. The van der Waals surface area contributed by atoms with Gasteiger partial charge >= 0.3 is 0 Å². The van der Waals surface area contributed by atoms with Crippen LogP contribution in [0.2, 0.25) is 0 Å². The van der Waals surface area contributed by atoms with Crippen molar-refractivity contribution >= 4 is 11.6 Å². The van der Waals surface area contributed by atoms with Crippen LogP contribution in [0.4, 0.5) is 10.1 Å². The third-order valence-corrected chi connectivity index (χ3v) is 3.32. The van der Waals surface area contributed by atoms with Crippen LogP contribution in [0.5, 0.6) is 11.5 Å². The Hall–Kier alpha value is -2.56. The van der Waals surface area contributed by atoms with Crippen LogP contribution in [0.25, 0.3) is 0 Å². The summed E-state index contributed by atoms with van der Waals surface area (Å²) in [5, 5.41) is 0. The average molecular weight is 287 g/mol. The summed E-state index contributed by atoms with van der Waals surface area (Å²) in [6.07, 6.45) is 0. The van der Waals surface area contributed by atoms with Crippen LogP contribution in [-0.4, -0.2) is 26.2 Å². The van der Waals surface area contributed by atoms with Crippen LogP contribution < -0.4 is 14.4 Å². The minimum absolute atomic E-state index is 0.0369. The third-order valence-electron chi connectivity index (χ3n) is 3.32. The first-order chi connectivity index (χ1) is 10.2. The second-order valence-corrected chi connectivity index (χ2v) is 4.67. The van der Waals surface area contributed by atoms with Crippen molar-refractivity contribution < 1.29 is 18.7 Å². The van der Waals surface area contributed by atoms with Gasteiger partial charge in [-0.25, -0.2) is 4.39 Å². The molecule has 0 fully saturated rings. The van der Waals surface area contributed by atoms with Gasteiger partial charge in [0.1, 0.15) is 19.0 Å². The quantitative estimate of drug-likeness (QED) is 0.852. The number of fused-ring (bicyclic) bond motifs is 1. The molecule has 0 radical (unpaired) electrons. The summed E-state index contributed by atoms with van der Waals surface area (Å²) in [7, 11) is 1.60. The number of hydrogen-bond donors (Lipinski definition) is 0. The van der Waals surface area contributed by atoms with Gasteiger partial charge in [0.25, 0.3) is 5.91 Å². The van der Waals surface area contributed by atoms with Gasteiger partial charge in [0.15, 0.2) is 11.5 Å². The first kappa shape index (κ1) is 13.4. The number of halogens is 1. The second-order valence-electron chi connectivity index (χ2n) is 4.67. The highest BCUT2D eigenvalue weighted by Crippen LogP contribution is 2.34. The molecule has 0 saturated carbocycles. The van der Waals surface area contributed by atoms with Crippen molar-refractivity contribution in [2.24, 2.45) is 0 Å². The maximum Gasteiger partial charge on any atom is 0.260 e. The van der Waals surface area contributed by atoms with Crippen molar-refractivity contribution in [1.29, 1.82) is 0 Å². The van der Waals surface area contributed by atoms with Crippen LogP contribution >= 0.6 is 0 Å². The van der Waals surface area contributed by atoms with Crippen molar-refractivity contribution in [3.05, 3.63) is 53.8 Å². The summed E-state index contributed by atoms with van der Waals surface area (Å²) in [6, 6.07) is 11.1. The van der Waals surface area contributed by atoms with Gasteiger partial charge in [0.2, 0.25) is 0 Å². The molecular formula is C16H14FNO3. The third kappa shape index (κ3) is 2.54. The smallest absolute Gasteiger partial charge is 0.260 e. The number of carbonyl (C=O) groups excluding carboxylic acids is 1. The molecule has 0 N–H and O–H groups in total. The summed E-state index contributed by atoms with van der Waals surface area (Å²) in [5.74, 6) is 0.292. The second kappa shape index (κ2) is 5.44. The fraction of sp³-hybridized carbons (Fsp3) is 0.188. The molecule has 1 aliphatic heterocycles. The summed E-state index contributed by atoms with van der Waals surface area (Å²) in [5.41, 5.74) is 0.655. The molecule has 108 valence electrons. The van der Waals surface area contributed by atoms with Gasteiger partial charge in [-0.1, -0.05) is 12.1 Å². The van der Waals surface area contributed by atoms with E-state index in [1.807, 2.05) is 0 Å². The molecular weight excluding hydrogens is 273 g/mol. The van der Waals surface area contributed by atoms with Crippen LogP contribution in [0.15, 0.2) is 42.5 Å². The van der Waals surface area contributed by atoms with Gasteiger partial charge in [0, 0.05) is 18.8 Å². The monoisotopic (exact) mass is 287 g/mol. The number of benzene rings is 2. The highest BCUT2D eigenvalue weighted by atomic mass is 19.1. The number of carbonyl (C=O) groups is 1. The molecule has 3 rings (SSSR count). The Morgan fingerprint density at radius 3 is 2.57 bits per heavy atom. The van der Waals surface area contributed by atoms with Gasteiger partial charge in [-0.2, -0.15) is 0 Å². The van der Waals surface area contributed by atoms with Crippen LogP contribution in [0.1, 0.15) is 10.4 Å². The number of anilines is 1. The van der Waals surface area contributed by atoms with E-state index < -0.39 is 11.7 Å². The van der Waals surface area contributed by atoms with E-state index >= 15 is 0 Å². The molecule has 0 aromatic heterocycles. The normalized spacial score (nSPS) is 12.9. The maximum absolute atomic E-state index is 13.7. The van der Waals surface area contributed by atoms with Crippen LogP contribution in [-0.2, 0) is 0 Å². The zero-order valence-electron chi connectivity index (χ0n) is 11.5. The largest absolute Gasteiger partial charge is 0.486 e. The maximum atomic E-state index is 13.7. The minimum atomic E-state index is -0.535. The van der Waals surface area contributed by atoms with Crippen molar-refractivity contribution in [2.75, 3.05) is 25.2 Å². The van der Waals surface area contributed by atoms with E-state index in [0.717, 1.165) is 0 Å². The minimum Gasteiger partial charge on any atom is -0.486 e. The molecule has 1 aliphatic rings. The van der Waals surface area contributed by atoms with E-state index in [-0.39, 0.29) is 5.56 Å². The van der Waals surface area contributed by atoms with Crippen molar-refractivity contribution in [3.63, 3.8) is 0 Å². The predicted octanol–water partition coefficient (Wildman–Crippen LogP) is 2.87. The number of hydrogen-bond acceptors (Lipinski definition) is 3. The predicted molar refractivity (Wildman–Crippen MR) is 76.6 cm³/mol. The molecule has 0 spiro atoms. The SMILES string of the molecule is CN(C(=O)c1ccccc1F)c1ccc2c(c1)OCCO2. The van der Waals surface area contributed by atoms with E-state index in [1.54, 1.807) is 37.4 Å². The lowest BCUT2D eigenvalue weighted by Gasteiger charge is -2.22. The molecule has 5 heteroatoms. The number of amides is 1. The standard InChI is InChI=1S/C16H14FNO3/c1-18(16(19)12-4-2-3-5-13(12)17)11-6-7-14-15(10-11)21-9-8-20-14/h2-7,10H,8-9H2,1H3. The van der Waals surface area contributed by atoms with E-state index in [2.05, 4.69) is 0 Å². The molecule has 0 unspecified atom stereocenters. The molecule has 1 heterocycles. The molecule has 2 aromatic rings. The van der Waals surface area contributed by atoms with Gasteiger partial charge in [-0.15, -0.1) is 0 Å². The Labute approximate surface area is 121 Å². The van der Waals surface area contributed by atoms with Gasteiger partial charge in [-0.05, 0) is 24.3 Å². The molecule has 0 aliphatic carbocycles. The van der Waals surface area contributed by atoms with Crippen molar-refractivity contribution in [1.82, 2.24) is 0 Å². The summed E-state index contributed by atoms with van der Waals surface area (Å²) in [4.78, 5) is 13.7. The molecule has 1 amide bonds. The van der Waals surface area contributed by atoms with Gasteiger partial charge in [-0.3, -0.25) is 4.79 Å². The van der Waals surface area contributed by atoms with E-state index in [9.17, 15) is 9.18 Å². The zero-order valence-corrected chi connectivity index (χ0v) is 11.5. The Morgan fingerprint density at radius 2 is 1.81 bits per heavy atom. The van der Waals surface area contributed by atoms with Gasteiger partial charge in [0.05, 0.1) is 5.56 Å². The molecule has 0 atom stereocenters. The van der Waals surface area contributed by atoms with E-state index in [1.165, 1.54) is 17.0 Å². The lowest BCUT2D eigenvalue weighted by Crippen LogP contribution is -2.27. The molecule has 21 heavy (non-hydrogen) atoms. The average Bonchev–Trinajstić information content (AvgIpc) is 2.53. The van der Waals surface area contributed by atoms with Crippen molar-refractivity contribution in [2.45, 2.75) is 0 Å². The first-order valence-corrected chi connectivity index (χ1v) is 6.59. The van der Waals surface area contributed by atoms with E-state index in [4.69, 9.17) is 9.47 Å². The topological polar surface area (TPSA) is 38.8 Å². The number of nitrogens with zero attached hydrogens (tertiary/aromatic N) is 1. The first-order valence-electron chi connectivity index (χ1n) is 6.59.